The number of amides is 2. The van der Waals surface area contributed by atoms with E-state index in [1.807, 2.05) is 36.9 Å². The highest BCUT2D eigenvalue weighted by atomic mass is 35.5. The number of anilines is 1. The highest BCUT2D eigenvalue weighted by Crippen LogP contribution is 2.33. The molecule has 2 aliphatic heterocycles. The van der Waals surface area contributed by atoms with Gasteiger partial charge in [-0.25, -0.2) is 14.8 Å². The van der Waals surface area contributed by atoms with Crippen LogP contribution >= 0.6 is 23.2 Å². The number of carbonyl (C=O) groups excluding carboxylic acids is 1. The molecule has 5 rings (SSSR count). The minimum atomic E-state index is -0.464. The van der Waals surface area contributed by atoms with Crippen molar-refractivity contribution in [2.45, 2.75) is 20.4 Å². The molecule has 2 aliphatic rings. The van der Waals surface area contributed by atoms with Gasteiger partial charge in [0.25, 0.3) is 5.95 Å². The molecule has 0 bridgehead atoms. The van der Waals surface area contributed by atoms with Crippen LogP contribution in [0.2, 0.25) is 10.0 Å². The maximum absolute atomic E-state index is 12.9. The second kappa shape index (κ2) is 11.4. The van der Waals surface area contributed by atoms with Crippen molar-refractivity contribution in [1.82, 2.24) is 25.1 Å². The average Bonchev–Trinajstić information content (AvgIpc) is 3.34. The number of rotatable bonds is 4. The molecule has 1 saturated heterocycles. The summed E-state index contributed by atoms with van der Waals surface area (Å²) in [6, 6.07) is 12.3. The Balaban J connectivity index is 1.28. The van der Waals surface area contributed by atoms with Gasteiger partial charge >= 0.3 is 6.03 Å². The summed E-state index contributed by atoms with van der Waals surface area (Å²) in [7, 11) is 0. The first-order valence-corrected chi connectivity index (χ1v) is 12.9. The molecule has 3 heterocycles. The molecule has 3 aromatic rings. The van der Waals surface area contributed by atoms with Gasteiger partial charge in [-0.2, -0.15) is 4.99 Å². The smallest absolute Gasteiger partial charge is 0.326 e. The summed E-state index contributed by atoms with van der Waals surface area (Å²) in [5.74, 6) is 2.21. The van der Waals surface area contributed by atoms with Crippen LogP contribution in [0.1, 0.15) is 17.0 Å². The van der Waals surface area contributed by atoms with E-state index in [1.165, 1.54) is 0 Å². The van der Waals surface area contributed by atoms with Gasteiger partial charge in [0.15, 0.2) is 11.5 Å². The highest BCUT2D eigenvalue weighted by Gasteiger charge is 2.23. The molecule has 1 fully saturated rings. The quantitative estimate of drug-likeness (QED) is 0.353. The third kappa shape index (κ3) is 6.45. The lowest BCUT2D eigenvalue weighted by atomic mass is 10.1. The minimum Gasteiger partial charge on any atom is -0.454 e. The predicted molar refractivity (Wildman–Crippen MR) is 147 cm³/mol. The number of piperazine rings is 1. The number of ether oxygens (including phenoxy) is 2. The molecule has 10 nitrogen and oxygen atoms in total. The second-order valence-corrected chi connectivity index (χ2v) is 9.86. The Labute approximate surface area is 230 Å². The number of benzene rings is 2. The number of hydrogen-bond acceptors (Lipinski definition) is 7. The van der Waals surface area contributed by atoms with E-state index in [9.17, 15) is 4.79 Å². The summed E-state index contributed by atoms with van der Waals surface area (Å²) in [6.45, 7) is 7.66. The standard InChI is InChI=1S/C26H27Cl2N7O3/c1-16-11-17(2)30-24(29-16)32-25(33-26(36)31-19-4-5-20(27)21(28)13-19)35-9-7-34(8-10-35)14-18-3-6-22-23(12-18)38-15-37-22/h3-6,11-13H,7-10,14-15H2,1-2H3,(H2,29,30,31,32,33,36). The zero-order valence-corrected chi connectivity index (χ0v) is 22.5. The number of aryl methyl sites for hydroxylation is 2. The number of nitrogens with zero attached hydrogens (tertiary/aromatic N) is 5. The van der Waals surface area contributed by atoms with Crippen molar-refractivity contribution >= 4 is 46.8 Å². The molecule has 0 aliphatic carbocycles. The largest absolute Gasteiger partial charge is 0.454 e. The van der Waals surface area contributed by atoms with Crippen molar-refractivity contribution in [3.8, 4) is 11.5 Å². The van der Waals surface area contributed by atoms with Crippen molar-refractivity contribution in [3.63, 3.8) is 0 Å². The molecule has 2 amide bonds. The number of fused-ring (bicyclic) bond motifs is 1. The van der Waals surface area contributed by atoms with Gasteiger partial charge in [0, 0.05) is 49.8 Å². The van der Waals surface area contributed by atoms with E-state index in [1.54, 1.807) is 18.2 Å². The fourth-order valence-corrected chi connectivity index (χ4v) is 4.58. The van der Waals surface area contributed by atoms with E-state index in [0.717, 1.165) is 48.1 Å². The Hall–Kier alpha value is -3.60. The van der Waals surface area contributed by atoms with Crippen LogP contribution in [0.25, 0.3) is 0 Å². The molecule has 0 radical (unpaired) electrons. The van der Waals surface area contributed by atoms with Crippen LogP contribution in [0.15, 0.2) is 47.5 Å². The molecule has 12 heteroatoms. The lowest BCUT2D eigenvalue weighted by Gasteiger charge is -2.36. The van der Waals surface area contributed by atoms with Crippen molar-refractivity contribution < 1.29 is 14.3 Å². The summed E-state index contributed by atoms with van der Waals surface area (Å²) in [6.07, 6.45) is 0. The van der Waals surface area contributed by atoms with E-state index >= 15 is 0 Å². The summed E-state index contributed by atoms with van der Waals surface area (Å²) in [5, 5.41) is 6.40. The third-order valence-corrected chi connectivity index (χ3v) is 6.83. The second-order valence-electron chi connectivity index (χ2n) is 9.04. The number of guanidine groups is 1. The summed E-state index contributed by atoms with van der Waals surface area (Å²) in [4.78, 5) is 30.7. The molecule has 1 aromatic heterocycles. The van der Waals surface area contributed by atoms with Crippen molar-refractivity contribution in [2.24, 2.45) is 4.99 Å². The van der Waals surface area contributed by atoms with Gasteiger partial charge in [-0.05, 0) is 55.8 Å². The van der Waals surface area contributed by atoms with Crippen LogP contribution in [0.3, 0.4) is 0 Å². The van der Waals surface area contributed by atoms with Crippen LogP contribution in [0, 0.1) is 13.8 Å². The van der Waals surface area contributed by atoms with E-state index in [0.29, 0.717) is 34.8 Å². The van der Waals surface area contributed by atoms with Crippen LogP contribution < -0.4 is 20.1 Å². The number of halogens is 2. The van der Waals surface area contributed by atoms with E-state index in [2.05, 4.69) is 36.6 Å². The molecule has 0 atom stereocenters. The van der Waals surface area contributed by atoms with Crippen LogP contribution in [-0.4, -0.2) is 64.7 Å². The van der Waals surface area contributed by atoms with Gasteiger partial charge in [0.05, 0.1) is 10.0 Å². The Bertz CT molecular complexity index is 1360. The SMILES string of the molecule is Cc1cc(C)nc(/N=C(\NC(=O)Nc2ccc(Cl)c(Cl)c2)N2CCN(Cc3ccc4c(c3)OCO4)CC2)n1. The molecular weight excluding hydrogens is 529 g/mol. The fourth-order valence-electron chi connectivity index (χ4n) is 4.28. The molecule has 0 spiro atoms. The van der Waals surface area contributed by atoms with E-state index in [-0.39, 0.29) is 12.7 Å². The summed E-state index contributed by atoms with van der Waals surface area (Å²) in [5.41, 5.74) is 3.25. The molecule has 0 unspecified atom stereocenters. The lowest BCUT2D eigenvalue weighted by Crippen LogP contribution is -2.53. The number of carbonyl (C=O) groups is 1. The van der Waals surface area contributed by atoms with Crippen LogP contribution in [0.4, 0.5) is 16.4 Å². The Morgan fingerprint density at radius 2 is 1.68 bits per heavy atom. The minimum absolute atomic E-state index is 0.259. The molecule has 2 N–H and O–H groups in total. The zero-order chi connectivity index (χ0) is 26.6. The monoisotopic (exact) mass is 555 g/mol. The van der Waals surface area contributed by atoms with Crippen molar-refractivity contribution in [2.75, 3.05) is 38.3 Å². The maximum atomic E-state index is 12.9. The third-order valence-electron chi connectivity index (χ3n) is 6.09. The summed E-state index contributed by atoms with van der Waals surface area (Å²) >= 11 is 12.1. The Morgan fingerprint density at radius 1 is 0.947 bits per heavy atom. The van der Waals surface area contributed by atoms with E-state index < -0.39 is 6.03 Å². The molecular formula is C26H27Cl2N7O3. The fraction of sp³-hybridized carbons (Fsp3) is 0.308. The first-order chi connectivity index (χ1) is 18.3. The number of aliphatic imine (C=N–C) groups is 1. The highest BCUT2D eigenvalue weighted by molar-refractivity contribution is 6.42. The van der Waals surface area contributed by atoms with Crippen molar-refractivity contribution in [1.29, 1.82) is 0 Å². The van der Waals surface area contributed by atoms with Crippen LogP contribution in [0.5, 0.6) is 11.5 Å². The molecule has 38 heavy (non-hydrogen) atoms. The van der Waals surface area contributed by atoms with Crippen LogP contribution in [-0.2, 0) is 6.54 Å². The Kier molecular flexibility index (Phi) is 7.82. The van der Waals surface area contributed by atoms with Gasteiger partial charge in [0.1, 0.15) is 0 Å². The first-order valence-electron chi connectivity index (χ1n) is 12.1. The predicted octanol–water partition coefficient (Wildman–Crippen LogP) is 4.76. The lowest BCUT2D eigenvalue weighted by molar-refractivity contribution is 0.171. The molecule has 0 saturated carbocycles. The van der Waals surface area contributed by atoms with Gasteiger partial charge in [-0.15, -0.1) is 0 Å². The van der Waals surface area contributed by atoms with Gasteiger partial charge in [-0.3, -0.25) is 10.2 Å². The number of aromatic nitrogens is 2. The zero-order valence-electron chi connectivity index (χ0n) is 21.0. The van der Waals surface area contributed by atoms with Crippen molar-refractivity contribution in [3.05, 3.63) is 69.5 Å². The first kappa shape index (κ1) is 26.0. The molecule has 2 aromatic carbocycles. The number of hydrogen-bond donors (Lipinski definition) is 2. The van der Waals surface area contributed by atoms with E-state index in [4.69, 9.17) is 32.7 Å². The van der Waals surface area contributed by atoms with Gasteiger partial charge in [0.2, 0.25) is 12.8 Å². The Morgan fingerprint density at radius 3 is 2.42 bits per heavy atom. The summed E-state index contributed by atoms with van der Waals surface area (Å²) < 4.78 is 10.9. The number of nitrogens with one attached hydrogen (secondary N) is 2. The number of urea groups is 1. The molecule has 198 valence electrons. The maximum Gasteiger partial charge on any atom is 0.326 e. The normalized spacial score (nSPS) is 15.5. The topological polar surface area (TPSA) is 104 Å². The van der Waals surface area contributed by atoms with Gasteiger partial charge < -0.3 is 19.7 Å². The van der Waals surface area contributed by atoms with Gasteiger partial charge in [-0.1, -0.05) is 29.3 Å². The average molecular weight is 556 g/mol.